The van der Waals surface area contributed by atoms with E-state index in [2.05, 4.69) is 0 Å². The van der Waals surface area contributed by atoms with Crippen LogP contribution in [0.25, 0.3) is 0 Å². The van der Waals surface area contributed by atoms with Gasteiger partial charge in [0.05, 0.1) is 25.4 Å². The van der Waals surface area contributed by atoms with Crippen molar-refractivity contribution in [1.82, 2.24) is 0 Å². The number of aromatic hydroxyl groups is 4. The van der Waals surface area contributed by atoms with E-state index in [9.17, 15) is 49.5 Å². The number of ether oxygens (including phenoxy) is 4. The number of rotatable bonds is 16. The summed E-state index contributed by atoms with van der Waals surface area (Å²) < 4.78 is 21.0. The zero-order chi connectivity index (χ0) is 35.6. The molecule has 2 aromatic rings. The highest BCUT2D eigenvalue weighted by Crippen LogP contribution is 2.31. The summed E-state index contributed by atoms with van der Waals surface area (Å²) in [6.07, 6.45) is -6.23. The molecule has 258 valence electrons. The number of phenols is 4. The van der Waals surface area contributed by atoms with Gasteiger partial charge in [-0.3, -0.25) is 14.4 Å². The molecule has 15 nitrogen and oxygen atoms in total. The van der Waals surface area contributed by atoms with Gasteiger partial charge in [0.15, 0.2) is 0 Å². The third-order valence-corrected chi connectivity index (χ3v) is 6.45. The molecule has 0 radical (unpaired) electrons. The van der Waals surface area contributed by atoms with Crippen molar-refractivity contribution in [2.24, 2.45) is 0 Å². The number of carbonyl (C=O) groups is 5. The highest BCUT2D eigenvalue weighted by atomic mass is 16.6. The number of hydrogen-bond acceptors (Lipinski definition) is 14. The zero-order valence-electron chi connectivity index (χ0n) is 26.6. The van der Waals surface area contributed by atoms with Gasteiger partial charge in [0, 0.05) is 25.0 Å². The Morgan fingerprint density at radius 3 is 1.34 bits per heavy atom. The first kappa shape index (κ1) is 38.1. The van der Waals surface area contributed by atoms with Gasteiger partial charge in [0.25, 0.3) is 0 Å². The summed E-state index contributed by atoms with van der Waals surface area (Å²) in [5.41, 5.74) is -0.525. The molecule has 2 rings (SSSR count). The van der Waals surface area contributed by atoms with E-state index in [0.717, 1.165) is 18.2 Å². The SMILES string of the molecule is C[C@H](Cc1cc(O)cc(O)c1C(=O)O[C@H](C)CC(=O)O)OC(=O)C[C@@H](C)OC(=O)c1c(O)cc(O)cc1C[C@@H](C)OC(=O)C[C@@H](C)O. The van der Waals surface area contributed by atoms with Crippen LogP contribution in [0.5, 0.6) is 23.0 Å². The number of benzene rings is 2. The van der Waals surface area contributed by atoms with E-state index in [0.29, 0.717) is 0 Å². The Bertz CT molecular complexity index is 1460. The lowest BCUT2D eigenvalue weighted by atomic mass is 10.00. The van der Waals surface area contributed by atoms with Crippen LogP contribution in [0.15, 0.2) is 24.3 Å². The minimum Gasteiger partial charge on any atom is -0.508 e. The monoisotopic (exact) mass is 664 g/mol. The molecule has 0 fully saturated rings. The molecule has 0 saturated carbocycles. The van der Waals surface area contributed by atoms with Crippen molar-refractivity contribution in [1.29, 1.82) is 0 Å². The number of carbonyl (C=O) groups excluding carboxylic acids is 4. The van der Waals surface area contributed by atoms with Crippen LogP contribution >= 0.6 is 0 Å². The fourth-order valence-electron chi connectivity index (χ4n) is 4.67. The van der Waals surface area contributed by atoms with Crippen LogP contribution < -0.4 is 0 Å². The van der Waals surface area contributed by atoms with Gasteiger partial charge < -0.3 is 49.6 Å². The van der Waals surface area contributed by atoms with Crippen LogP contribution in [-0.4, -0.2) is 91.0 Å². The number of aliphatic hydroxyl groups is 1. The average Bonchev–Trinajstić information content (AvgIpc) is 2.85. The molecule has 0 aliphatic rings. The third kappa shape index (κ3) is 12.3. The smallest absolute Gasteiger partial charge is 0.342 e. The maximum Gasteiger partial charge on any atom is 0.342 e. The number of esters is 4. The van der Waals surface area contributed by atoms with Gasteiger partial charge in [-0.05, 0) is 57.9 Å². The molecule has 0 aliphatic carbocycles. The summed E-state index contributed by atoms with van der Waals surface area (Å²) in [6.45, 7) is 7.13. The first-order valence-electron chi connectivity index (χ1n) is 14.7. The molecule has 15 heteroatoms. The van der Waals surface area contributed by atoms with Gasteiger partial charge in [-0.15, -0.1) is 0 Å². The number of hydrogen-bond donors (Lipinski definition) is 6. The van der Waals surface area contributed by atoms with Crippen LogP contribution in [0.4, 0.5) is 0 Å². The highest BCUT2D eigenvalue weighted by Gasteiger charge is 2.27. The van der Waals surface area contributed by atoms with E-state index >= 15 is 0 Å². The average molecular weight is 665 g/mol. The molecule has 5 atom stereocenters. The Kier molecular flexibility index (Phi) is 13.8. The predicted molar refractivity (Wildman–Crippen MR) is 161 cm³/mol. The van der Waals surface area contributed by atoms with Crippen LogP contribution in [0.1, 0.15) is 85.7 Å². The minimum absolute atomic E-state index is 0.0518. The second kappa shape index (κ2) is 17.0. The van der Waals surface area contributed by atoms with Crippen molar-refractivity contribution in [3.8, 4) is 23.0 Å². The Balaban J connectivity index is 2.08. The number of carboxylic acids is 1. The van der Waals surface area contributed by atoms with E-state index in [4.69, 9.17) is 24.1 Å². The summed E-state index contributed by atoms with van der Waals surface area (Å²) in [4.78, 5) is 61.2. The molecule has 0 amide bonds. The van der Waals surface area contributed by atoms with Crippen molar-refractivity contribution in [2.75, 3.05) is 0 Å². The second-order valence-corrected chi connectivity index (χ2v) is 11.3. The van der Waals surface area contributed by atoms with Gasteiger partial charge in [0.1, 0.15) is 58.5 Å². The normalized spacial score (nSPS) is 14.2. The second-order valence-electron chi connectivity index (χ2n) is 11.3. The largest absolute Gasteiger partial charge is 0.508 e. The zero-order valence-corrected chi connectivity index (χ0v) is 26.6. The molecule has 2 aromatic carbocycles. The van der Waals surface area contributed by atoms with Crippen molar-refractivity contribution in [2.45, 2.75) is 97.2 Å². The summed E-state index contributed by atoms with van der Waals surface area (Å²) in [7, 11) is 0. The number of aliphatic hydroxyl groups excluding tert-OH is 1. The predicted octanol–water partition coefficient (Wildman–Crippen LogP) is 2.88. The molecule has 0 saturated heterocycles. The maximum atomic E-state index is 13.0. The summed E-state index contributed by atoms with van der Waals surface area (Å²) in [5.74, 6) is -6.81. The number of phenolic OH excluding ortho intramolecular Hbond substituents is 4. The summed E-state index contributed by atoms with van der Waals surface area (Å²) >= 11 is 0. The van der Waals surface area contributed by atoms with E-state index in [-0.39, 0.29) is 47.3 Å². The first-order chi connectivity index (χ1) is 21.9. The molecule has 0 aliphatic heterocycles. The van der Waals surface area contributed by atoms with Crippen molar-refractivity contribution in [3.05, 3.63) is 46.5 Å². The quantitative estimate of drug-likeness (QED) is 0.112. The van der Waals surface area contributed by atoms with Gasteiger partial charge in [-0.2, -0.15) is 0 Å². The van der Waals surface area contributed by atoms with E-state index < -0.39 is 90.5 Å². The highest BCUT2D eigenvalue weighted by molar-refractivity contribution is 5.95. The van der Waals surface area contributed by atoms with Crippen molar-refractivity contribution in [3.63, 3.8) is 0 Å². The minimum atomic E-state index is -1.21. The third-order valence-electron chi connectivity index (χ3n) is 6.45. The molecule has 0 aromatic heterocycles. The van der Waals surface area contributed by atoms with Crippen molar-refractivity contribution < 1.29 is 73.6 Å². The van der Waals surface area contributed by atoms with Gasteiger partial charge in [0.2, 0.25) is 0 Å². The molecule has 47 heavy (non-hydrogen) atoms. The fraction of sp³-hybridized carbons (Fsp3) is 0.469. The van der Waals surface area contributed by atoms with Crippen LogP contribution in [0.3, 0.4) is 0 Å². The van der Waals surface area contributed by atoms with Gasteiger partial charge in [-0.25, -0.2) is 9.59 Å². The molecular formula is C32H40O15. The van der Waals surface area contributed by atoms with Crippen LogP contribution in [0.2, 0.25) is 0 Å². The standard InChI is InChI=1S/C32H40O15/c1-15(33)6-27(40)44-16(2)7-20-11-22(34)14-25(37)30(20)32(43)47-19(5)10-28(41)45-17(3)8-21-12-23(35)13-24(36)29(21)31(42)46-18(4)9-26(38)39/h11-19,33-37H,6-10H2,1-5H3,(H,38,39)/t15-,16-,17-,18-,19-/m1/s1. The lowest BCUT2D eigenvalue weighted by molar-refractivity contribution is -0.151. The Labute approximate surface area is 270 Å². The molecule has 6 N–H and O–H groups in total. The summed E-state index contributed by atoms with van der Waals surface area (Å²) in [6, 6.07) is 4.16. The Morgan fingerprint density at radius 1 is 0.574 bits per heavy atom. The van der Waals surface area contributed by atoms with Gasteiger partial charge in [-0.1, -0.05) is 0 Å². The lowest BCUT2D eigenvalue weighted by Gasteiger charge is -2.20. The molecular weight excluding hydrogens is 624 g/mol. The molecule has 0 heterocycles. The van der Waals surface area contributed by atoms with E-state index in [1.807, 2.05) is 0 Å². The van der Waals surface area contributed by atoms with E-state index in [1.54, 1.807) is 0 Å². The number of carboxylic acid groups (broad SMARTS) is 1. The molecule has 0 spiro atoms. The Hall–Kier alpha value is -5.05. The fourth-order valence-corrected chi connectivity index (χ4v) is 4.67. The first-order valence-corrected chi connectivity index (χ1v) is 14.7. The summed E-state index contributed by atoms with van der Waals surface area (Å²) in [5, 5.41) is 58.9. The van der Waals surface area contributed by atoms with Crippen molar-refractivity contribution >= 4 is 29.8 Å². The van der Waals surface area contributed by atoms with Crippen LogP contribution in [0, 0.1) is 0 Å². The molecule has 0 unspecified atom stereocenters. The number of aliphatic carboxylic acids is 1. The van der Waals surface area contributed by atoms with E-state index in [1.165, 1.54) is 40.7 Å². The Morgan fingerprint density at radius 2 is 0.957 bits per heavy atom. The van der Waals surface area contributed by atoms with Gasteiger partial charge >= 0.3 is 29.8 Å². The molecule has 0 bridgehead atoms. The van der Waals surface area contributed by atoms with Crippen LogP contribution in [-0.2, 0) is 46.2 Å². The maximum absolute atomic E-state index is 13.0. The lowest BCUT2D eigenvalue weighted by Crippen LogP contribution is -2.25. The topological polar surface area (TPSA) is 244 Å².